The van der Waals surface area contributed by atoms with Crippen molar-refractivity contribution in [1.82, 2.24) is 10.3 Å². The number of fused-ring (bicyclic) bond motifs is 1. The largest absolute Gasteiger partial charge is 0.350 e. The Morgan fingerprint density at radius 1 is 1.30 bits per heavy atom. The number of aromatic amines is 1. The predicted molar refractivity (Wildman–Crippen MR) is 88.4 cm³/mol. The van der Waals surface area contributed by atoms with Crippen LogP contribution in [0.5, 0.6) is 0 Å². The molecule has 2 atom stereocenters. The van der Waals surface area contributed by atoms with Crippen LogP contribution >= 0.6 is 11.8 Å². The van der Waals surface area contributed by atoms with Gasteiger partial charge < -0.3 is 10.3 Å². The summed E-state index contributed by atoms with van der Waals surface area (Å²) in [4.78, 5) is 3.55. The summed E-state index contributed by atoms with van der Waals surface area (Å²) in [6.45, 7) is 4.80. The highest BCUT2D eigenvalue weighted by atomic mass is 32.2. The Morgan fingerprint density at radius 2 is 2.10 bits per heavy atom. The zero-order valence-corrected chi connectivity index (χ0v) is 13.4. The summed E-state index contributed by atoms with van der Waals surface area (Å²) < 4.78 is 0. The van der Waals surface area contributed by atoms with E-state index in [1.807, 2.05) is 11.8 Å². The summed E-state index contributed by atoms with van der Waals surface area (Å²) in [6, 6.07) is 11.4. The highest BCUT2D eigenvalue weighted by Crippen LogP contribution is 2.42. The van der Waals surface area contributed by atoms with Crippen molar-refractivity contribution in [2.24, 2.45) is 5.41 Å². The molecule has 1 saturated carbocycles. The van der Waals surface area contributed by atoms with Crippen LogP contribution in [0.1, 0.15) is 33.1 Å². The molecule has 108 valence electrons. The zero-order chi connectivity index (χ0) is 14.2. The molecule has 2 nitrogen and oxygen atoms in total. The van der Waals surface area contributed by atoms with E-state index in [-0.39, 0.29) is 0 Å². The van der Waals surface area contributed by atoms with Gasteiger partial charge in [-0.05, 0) is 43.9 Å². The molecule has 2 aromatic rings. The van der Waals surface area contributed by atoms with Crippen molar-refractivity contribution in [3.63, 3.8) is 0 Å². The van der Waals surface area contributed by atoms with Crippen LogP contribution in [0.4, 0.5) is 0 Å². The van der Waals surface area contributed by atoms with Crippen molar-refractivity contribution < 1.29 is 0 Å². The van der Waals surface area contributed by atoms with Gasteiger partial charge in [0.25, 0.3) is 0 Å². The van der Waals surface area contributed by atoms with Gasteiger partial charge in [-0.25, -0.2) is 0 Å². The fourth-order valence-electron chi connectivity index (χ4n) is 3.25. The highest BCUT2D eigenvalue weighted by molar-refractivity contribution is 7.99. The van der Waals surface area contributed by atoms with Crippen LogP contribution in [0.2, 0.25) is 0 Å². The van der Waals surface area contributed by atoms with E-state index >= 15 is 0 Å². The minimum Gasteiger partial charge on any atom is -0.350 e. The molecule has 0 aliphatic heterocycles. The van der Waals surface area contributed by atoms with Crippen LogP contribution in [0.15, 0.2) is 35.4 Å². The Morgan fingerprint density at radius 3 is 2.85 bits per heavy atom. The molecule has 0 saturated heterocycles. The molecule has 20 heavy (non-hydrogen) atoms. The van der Waals surface area contributed by atoms with E-state index in [1.54, 1.807) is 0 Å². The van der Waals surface area contributed by atoms with Crippen LogP contribution in [0.25, 0.3) is 10.9 Å². The van der Waals surface area contributed by atoms with Crippen molar-refractivity contribution in [3.8, 4) is 0 Å². The van der Waals surface area contributed by atoms with E-state index in [0.29, 0.717) is 16.7 Å². The average Bonchev–Trinajstić information content (AvgIpc) is 2.80. The van der Waals surface area contributed by atoms with Gasteiger partial charge in [-0.2, -0.15) is 0 Å². The molecular formula is C17H24N2S. The van der Waals surface area contributed by atoms with E-state index in [4.69, 9.17) is 0 Å². The van der Waals surface area contributed by atoms with Gasteiger partial charge >= 0.3 is 0 Å². The summed E-state index contributed by atoms with van der Waals surface area (Å²) in [7, 11) is 2.10. The Kier molecular flexibility index (Phi) is 3.83. The number of rotatable bonds is 3. The third-order valence-corrected chi connectivity index (χ3v) is 5.76. The number of thioether (sulfide) groups is 1. The molecule has 1 aliphatic carbocycles. The van der Waals surface area contributed by atoms with Crippen LogP contribution in [0.3, 0.4) is 0 Å². The number of aromatic nitrogens is 1. The van der Waals surface area contributed by atoms with Gasteiger partial charge in [0.1, 0.15) is 0 Å². The fraction of sp³-hybridized carbons (Fsp3) is 0.529. The maximum absolute atomic E-state index is 3.55. The Hall–Kier alpha value is -0.930. The van der Waals surface area contributed by atoms with E-state index in [1.165, 1.54) is 35.2 Å². The van der Waals surface area contributed by atoms with Crippen LogP contribution in [-0.4, -0.2) is 23.3 Å². The maximum Gasteiger partial charge on any atom is 0.0735 e. The first-order valence-corrected chi connectivity index (χ1v) is 8.37. The van der Waals surface area contributed by atoms with Gasteiger partial charge in [0.2, 0.25) is 0 Å². The van der Waals surface area contributed by atoms with Crippen LogP contribution in [-0.2, 0) is 0 Å². The van der Waals surface area contributed by atoms with Crippen molar-refractivity contribution in [2.75, 3.05) is 7.05 Å². The molecule has 1 heterocycles. The smallest absolute Gasteiger partial charge is 0.0735 e. The summed E-state index contributed by atoms with van der Waals surface area (Å²) in [5.41, 5.74) is 1.71. The number of hydrogen-bond acceptors (Lipinski definition) is 2. The number of para-hydroxylation sites is 1. The lowest BCUT2D eigenvalue weighted by atomic mass is 9.75. The second-order valence-electron chi connectivity index (χ2n) is 6.68. The van der Waals surface area contributed by atoms with E-state index in [9.17, 15) is 0 Å². The predicted octanol–water partition coefficient (Wildman–Crippen LogP) is 4.43. The second kappa shape index (κ2) is 5.45. The molecule has 1 aromatic carbocycles. The molecular weight excluding hydrogens is 264 g/mol. The molecule has 1 aliphatic rings. The normalized spacial score (nSPS) is 25.9. The van der Waals surface area contributed by atoms with E-state index < -0.39 is 0 Å². The molecule has 0 spiro atoms. The van der Waals surface area contributed by atoms with E-state index in [2.05, 4.69) is 61.5 Å². The molecule has 0 radical (unpaired) electrons. The monoisotopic (exact) mass is 288 g/mol. The van der Waals surface area contributed by atoms with Gasteiger partial charge in [-0.15, -0.1) is 11.8 Å². The van der Waals surface area contributed by atoms with Crippen molar-refractivity contribution >= 4 is 22.7 Å². The quantitative estimate of drug-likeness (QED) is 0.874. The summed E-state index contributed by atoms with van der Waals surface area (Å²) in [5, 5.41) is 6.77. The molecule has 1 fully saturated rings. The summed E-state index contributed by atoms with van der Waals surface area (Å²) >= 11 is 2.01. The third-order valence-electron chi connectivity index (χ3n) is 4.49. The first kappa shape index (κ1) is 14.0. The number of benzene rings is 1. The van der Waals surface area contributed by atoms with Gasteiger partial charge in [0, 0.05) is 22.2 Å². The lowest BCUT2D eigenvalue weighted by Crippen LogP contribution is -2.43. The SMILES string of the molecule is CNC1CCC(C)(C)CC1Sc1cc2ccccc2[nH]1. The molecule has 2 unspecified atom stereocenters. The zero-order valence-electron chi connectivity index (χ0n) is 12.6. The fourth-order valence-corrected chi connectivity index (χ4v) is 4.91. The van der Waals surface area contributed by atoms with Crippen LogP contribution < -0.4 is 5.32 Å². The topological polar surface area (TPSA) is 27.8 Å². The van der Waals surface area contributed by atoms with Gasteiger partial charge in [-0.3, -0.25) is 0 Å². The average molecular weight is 288 g/mol. The van der Waals surface area contributed by atoms with E-state index in [0.717, 1.165) is 0 Å². The lowest BCUT2D eigenvalue weighted by Gasteiger charge is -2.40. The molecule has 0 bridgehead atoms. The molecule has 0 amide bonds. The highest BCUT2D eigenvalue weighted by Gasteiger charge is 2.34. The van der Waals surface area contributed by atoms with Gasteiger partial charge in [0.05, 0.1) is 5.03 Å². The minimum atomic E-state index is 0.469. The van der Waals surface area contributed by atoms with Gasteiger partial charge in [-0.1, -0.05) is 32.0 Å². The Bertz CT molecular complexity index is 554. The van der Waals surface area contributed by atoms with Crippen molar-refractivity contribution in [3.05, 3.63) is 30.3 Å². The second-order valence-corrected chi connectivity index (χ2v) is 7.96. The standard InChI is InChI=1S/C17H24N2S/c1-17(2)9-8-14(18-3)15(11-17)20-16-10-12-6-4-5-7-13(12)19-16/h4-7,10,14-15,18-19H,8-9,11H2,1-3H3. The Labute approximate surface area is 125 Å². The molecule has 1 aromatic heterocycles. The minimum absolute atomic E-state index is 0.469. The first-order valence-electron chi connectivity index (χ1n) is 7.49. The molecule has 3 rings (SSSR count). The molecule has 2 N–H and O–H groups in total. The number of hydrogen-bond donors (Lipinski definition) is 2. The lowest BCUT2D eigenvalue weighted by molar-refractivity contribution is 0.218. The van der Waals surface area contributed by atoms with Gasteiger partial charge in [0.15, 0.2) is 0 Å². The van der Waals surface area contributed by atoms with Crippen molar-refractivity contribution in [1.29, 1.82) is 0 Å². The Balaban J connectivity index is 1.80. The van der Waals surface area contributed by atoms with Crippen molar-refractivity contribution in [2.45, 2.75) is 49.4 Å². The molecule has 3 heteroatoms. The number of nitrogens with one attached hydrogen (secondary N) is 2. The third kappa shape index (κ3) is 2.89. The first-order chi connectivity index (χ1) is 9.57. The maximum atomic E-state index is 3.55. The summed E-state index contributed by atoms with van der Waals surface area (Å²) in [6.07, 6.45) is 3.88. The number of H-pyrrole nitrogens is 1. The van der Waals surface area contributed by atoms with Crippen LogP contribution in [0, 0.1) is 5.41 Å². The summed E-state index contributed by atoms with van der Waals surface area (Å²) in [5.74, 6) is 0.